The minimum absolute atomic E-state index is 0.00138. The number of rotatable bonds is 9. The molecule has 0 bridgehead atoms. The lowest BCUT2D eigenvalue weighted by molar-refractivity contribution is -0.115. The van der Waals surface area contributed by atoms with Crippen LogP contribution in [0.1, 0.15) is 52.7 Å². The first-order valence-electron chi connectivity index (χ1n) is 16.0. The fourth-order valence-electron chi connectivity index (χ4n) is 4.68. The van der Waals surface area contributed by atoms with Crippen LogP contribution < -0.4 is 15.0 Å². The van der Waals surface area contributed by atoms with E-state index in [4.69, 9.17) is 18.7 Å². The molecule has 12 nitrogen and oxygen atoms in total. The largest absolute Gasteiger partial charge is 0.489 e. The minimum atomic E-state index is -0.999. The number of carbonyl (C=O) groups is 3. The quantitative estimate of drug-likeness (QED) is 0.162. The molecule has 0 radical (unpaired) electrons. The van der Waals surface area contributed by atoms with Crippen molar-refractivity contribution in [2.75, 3.05) is 10.2 Å². The van der Waals surface area contributed by atoms with Crippen LogP contribution in [0.25, 0.3) is 22.6 Å². The molecule has 258 valence electrons. The van der Waals surface area contributed by atoms with Crippen LogP contribution in [0.15, 0.2) is 102 Å². The number of imide groups is 1. The van der Waals surface area contributed by atoms with Crippen molar-refractivity contribution in [2.45, 2.75) is 65.8 Å². The van der Waals surface area contributed by atoms with Crippen molar-refractivity contribution < 1.29 is 33.1 Å². The van der Waals surface area contributed by atoms with Crippen LogP contribution in [0.3, 0.4) is 0 Å². The Kier molecular flexibility index (Phi) is 10.6. The van der Waals surface area contributed by atoms with Gasteiger partial charge in [0.1, 0.15) is 34.8 Å². The number of nitrogens with zero attached hydrogens (tertiary/aromatic N) is 4. The minimum Gasteiger partial charge on any atom is -0.489 e. The Balaban J connectivity index is 1.56. The zero-order valence-electron chi connectivity index (χ0n) is 28.8. The molecule has 0 saturated heterocycles. The molecule has 12 heteroatoms. The molecule has 5 aromatic rings. The molecule has 3 aromatic carbocycles. The van der Waals surface area contributed by atoms with E-state index in [1.165, 1.54) is 12.3 Å². The highest BCUT2D eigenvalue weighted by Gasteiger charge is 2.34. The van der Waals surface area contributed by atoms with Gasteiger partial charge >= 0.3 is 12.2 Å². The van der Waals surface area contributed by atoms with Gasteiger partial charge in [0.05, 0.1) is 6.42 Å². The lowest BCUT2D eigenvalue weighted by Crippen LogP contribution is -2.44. The molecule has 0 unspecified atom stereocenters. The van der Waals surface area contributed by atoms with Crippen LogP contribution in [-0.2, 0) is 27.3 Å². The van der Waals surface area contributed by atoms with Gasteiger partial charge in [0, 0.05) is 17.8 Å². The summed E-state index contributed by atoms with van der Waals surface area (Å²) in [5.41, 5.74) is 0.983. The highest BCUT2D eigenvalue weighted by Crippen LogP contribution is 2.38. The summed E-state index contributed by atoms with van der Waals surface area (Å²) in [6.45, 7) is 10.4. The summed E-state index contributed by atoms with van der Waals surface area (Å²) in [6, 6.07) is 27.5. The predicted octanol–water partition coefficient (Wildman–Crippen LogP) is 8.24. The fourth-order valence-corrected chi connectivity index (χ4v) is 4.68. The number of ether oxygens (including phenoxy) is 3. The van der Waals surface area contributed by atoms with E-state index in [0.29, 0.717) is 22.8 Å². The molecule has 3 amide bonds. The number of hydrogen-bond donors (Lipinski definition) is 1. The van der Waals surface area contributed by atoms with Crippen LogP contribution in [-0.4, -0.2) is 44.4 Å². The van der Waals surface area contributed by atoms with E-state index >= 15 is 0 Å². The maximum atomic E-state index is 13.4. The molecular weight excluding hydrogens is 638 g/mol. The van der Waals surface area contributed by atoms with Gasteiger partial charge in [-0.15, -0.1) is 0 Å². The smallest absolute Gasteiger partial charge is 0.425 e. The van der Waals surface area contributed by atoms with Crippen molar-refractivity contribution in [1.82, 2.24) is 15.1 Å². The Bertz CT molecular complexity index is 1920. The van der Waals surface area contributed by atoms with E-state index in [1.54, 1.807) is 59.7 Å². The molecule has 5 rings (SSSR count). The first-order chi connectivity index (χ1) is 23.8. The van der Waals surface area contributed by atoms with E-state index in [2.05, 4.69) is 20.4 Å². The Morgan fingerprint density at radius 2 is 1.40 bits per heavy atom. The first kappa shape index (κ1) is 35.3. The Morgan fingerprint density at radius 3 is 2.02 bits per heavy atom. The third-order valence-electron chi connectivity index (χ3n) is 6.75. The van der Waals surface area contributed by atoms with Crippen LogP contribution in [0.5, 0.6) is 5.75 Å². The third-order valence-corrected chi connectivity index (χ3v) is 6.75. The van der Waals surface area contributed by atoms with E-state index in [0.717, 1.165) is 11.1 Å². The van der Waals surface area contributed by atoms with Gasteiger partial charge in [-0.25, -0.2) is 19.6 Å². The number of benzene rings is 3. The maximum absolute atomic E-state index is 13.4. The van der Waals surface area contributed by atoms with E-state index < -0.39 is 23.4 Å². The van der Waals surface area contributed by atoms with Crippen LogP contribution in [0, 0.1) is 0 Å². The highest BCUT2D eigenvalue weighted by atomic mass is 16.6. The van der Waals surface area contributed by atoms with Crippen LogP contribution >= 0.6 is 0 Å². The van der Waals surface area contributed by atoms with Crippen molar-refractivity contribution in [3.05, 3.63) is 108 Å². The molecule has 0 atom stereocenters. The summed E-state index contributed by atoms with van der Waals surface area (Å²) in [6.07, 6.45) is -0.570. The molecular formula is C38H39N5O7. The van der Waals surface area contributed by atoms with Gasteiger partial charge in [0.15, 0.2) is 11.6 Å². The molecule has 0 aliphatic carbocycles. The van der Waals surface area contributed by atoms with Gasteiger partial charge in [-0.2, -0.15) is 4.90 Å². The lowest BCUT2D eigenvalue weighted by Gasteiger charge is -2.28. The summed E-state index contributed by atoms with van der Waals surface area (Å²) < 4.78 is 22.8. The van der Waals surface area contributed by atoms with Gasteiger partial charge in [-0.1, -0.05) is 78.0 Å². The maximum Gasteiger partial charge on any atom is 0.425 e. The fraction of sp³-hybridized carbons (Fsp3) is 0.263. The molecule has 0 aliphatic rings. The number of amides is 3. The number of hydrogen-bond acceptors (Lipinski definition) is 10. The van der Waals surface area contributed by atoms with Crippen molar-refractivity contribution in [2.24, 2.45) is 0 Å². The second kappa shape index (κ2) is 15.0. The van der Waals surface area contributed by atoms with E-state index in [-0.39, 0.29) is 41.1 Å². The number of nitrogens with one attached hydrogen (secondary N) is 1. The number of anilines is 2. The topological polar surface area (TPSA) is 146 Å². The first-order valence-corrected chi connectivity index (χ1v) is 16.0. The Hall–Kier alpha value is -6.04. The standard InChI is InChI=1S/C38H39N5O7/c1-37(2,3)48-35(45)43(36(46)49-38(4,5)6)29-20-21-39-33(40-29)31-32(42-50-34(31)41-30(44)22-25-14-9-7-10-15-25)27-18-13-19-28(23-27)47-24-26-16-11-8-12-17-26/h7-21,23H,22,24H2,1-6H3,(H,41,44). The molecule has 0 spiro atoms. The van der Waals surface area contributed by atoms with Crippen LogP contribution in [0.2, 0.25) is 0 Å². The van der Waals surface area contributed by atoms with Gasteiger partial charge < -0.3 is 18.7 Å². The Morgan fingerprint density at radius 1 is 0.780 bits per heavy atom. The van der Waals surface area contributed by atoms with Gasteiger partial charge in [-0.05, 0) is 64.8 Å². The van der Waals surface area contributed by atoms with Gasteiger partial charge in [-0.3, -0.25) is 10.1 Å². The SMILES string of the molecule is CC(C)(C)OC(=O)N(C(=O)OC(C)(C)C)c1ccnc(-c2c(-c3cccc(OCc4ccccc4)c3)noc2NC(=O)Cc2ccccc2)n1. The average Bonchev–Trinajstić information content (AvgIpc) is 3.46. The molecule has 0 aliphatic heterocycles. The number of aromatic nitrogens is 3. The zero-order valence-corrected chi connectivity index (χ0v) is 28.8. The molecule has 1 N–H and O–H groups in total. The van der Waals surface area contributed by atoms with Gasteiger partial charge in [0.25, 0.3) is 0 Å². The monoisotopic (exact) mass is 677 g/mol. The molecule has 0 saturated carbocycles. The summed E-state index contributed by atoms with van der Waals surface area (Å²) in [4.78, 5) is 49.7. The third kappa shape index (κ3) is 9.53. The molecule has 50 heavy (non-hydrogen) atoms. The molecule has 2 aromatic heterocycles. The summed E-state index contributed by atoms with van der Waals surface area (Å²) in [7, 11) is 0. The van der Waals surface area contributed by atoms with Crippen molar-refractivity contribution in [3.63, 3.8) is 0 Å². The predicted molar refractivity (Wildman–Crippen MR) is 187 cm³/mol. The Labute approximate surface area is 290 Å². The second-order valence-electron chi connectivity index (χ2n) is 13.3. The highest BCUT2D eigenvalue weighted by molar-refractivity contribution is 6.09. The summed E-state index contributed by atoms with van der Waals surface area (Å²) >= 11 is 0. The van der Waals surface area contributed by atoms with Crippen molar-refractivity contribution in [1.29, 1.82) is 0 Å². The van der Waals surface area contributed by atoms with E-state index in [9.17, 15) is 14.4 Å². The van der Waals surface area contributed by atoms with E-state index in [1.807, 2.05) is 66.7 Å². The van der Waals surface area contributed by atoms with Crippen molar-refractivity contribution in [3.8, 4) is 28.4 Å². The lowest BCUT2D eigenvalue weighted by atomic mass is 10.1. The van der Waals surface area contributed by atoms with Crippen molar-refractivity contribution >= 4 is 29.8 Å². The molecule has 0 fully saturated rings. The van der Waals surface area contributed by atoms with Crippen LogP contribution in [0.4, 0.5) is 21.3 Å². The molecule has 2 heterocycles. The number of carbonyl (C=O) groups excluding carboxylic acids is 3. The van der Waals surface area contributed by atoms with Gasteiger partial charge in [0.2, 0.25) is 11.8 Å². The second-order valence-corrected chi connectivity index (χ2v) is 13.3. The summed E-state index contributed by atoms with van der Waals surface area (Å²) in [5, 5.41) is 7.09. The zero-order chi connectivity index (χ0) is 35.9. The normalized spacial score (nSPS) is 11.4. The summed E-state index contributed by atoms with van der Waals surface area (Å²) in [5.74, 6) is 0.0227. The average molecular weight is 678 g/mol.